The number of hydrogen-bond acceptors (Lipinski definition) is 7. The van der Waals surface area contributed by atoms with E-state index >= 15 is 0 Å². The second-order valence-electron chi connectivity index (χ2n) is 6.87. The maximum Gasteiger partial charge on any atom is 0.229 e. The summed E-state index contributed by atoms with van der Waals surface area (Å²) in [5.41, 5.74) is 3.64. The van der Waals surface area contributed by atoms with E-state index in [0.29, 0.717) is 11.4 Å². The predicted octanol–water partition coefficient (Wildman–Crippen LogP) is 3.59. The quantitative estimate of drug-likeness (QED) is 0.557. The minimum atomic E-state index is 0.182. The van der Waals surface area contributed by atoms with Gasteiger partial charge in [-0.1, -0.05) is 15.9 Å². The lowest BCUT2D eigenvalue weighted by atomic mass is 10.2. The van der Waals surface area contributed by atoms with Gasteiger partial charge in [-0.15, -0.1) is 0 Å². The zero-order valence-corrected chi connectivity index (χ0v) is 16.7. The minimum Gasteiger partial charge on any atom is -0.507 e. The van der Waals surface area contributed by atoms with E-state index in [4.69, 9.17) is 4.98 Å². The first-order valence-corrected chi connectivity index (χ1v) is 10.1. The summed E-state index contributed by atoms with van der Waals surface area (Å²) in [4.78, 5) is 14.0. The van der Waals surface area contributed by atoms with Gasteiger partial charge < -0.3 is 14.9 Å². The lowest BCUT2D eigenvalue weighted by Gasteiger charge is -2.21. The van der Waals surface area contributed by atoms with Crippen molar-refractivity contribution in [3.8, 4) is 5.75 Å². The first-order chi connectivity index (χ1) is 13.2. The Morgan fingerprint density at radius 1 is 1.00 bits per heavy atom. The summed E-state index contributed by atoms with van der Waals surface area (Å²) in [6.07, 6.45) is 6.35. The molecule has 3 heterocycles. The van der Waals surface area contributed by atoms with Crippen LogP contribution in [0.5, 0.6) is 5.75 Å². The van der Waals surface area contributed by atoms with Crippen LogP contribution in [0.2, 0.25) is 0 Å². The van der Waals surface area contributed by atoms with Gasteiger partial charge in [-0.25, -0.2) is 0 Å². The highest BCUT2D eigenvalue weighted by Gasteiger charge is 2.20. The van der Waals surface area contributed by atoms with Crippen molar-refractivity contribution in [3.63, 3.8) is 0 Å². The molecular formula is C19H23BrN6O. The molecule has 0 aliphatic carbocycles. The van der Waals surface area contributed by atoms with E-state index in [1.807, 2.05) is 12.1 Å². The fourth-order valence-corrected chi connectivity index (χ4v) is 3.82. The van der Waals surface area contributed by atoms with Gasteiger partial charge >= 0.3 is 0 Å². The molecule has 142 valence electrons. The van der Waals surface area contributed by atoms with Crippen molar-refractivity contribution in [1.82, 2.24) is 9.97 Å². The second-order valence-corrected chi connectivity index (χ2v) is 7.79. The summed E-state index contributed by atoms with van der Waals surface area (Å²) in [7, 11) is 0. The molecule has 2 N–H and O–H groups in total. The number of aromatic nitrogens is 2. The van der Waals surface area contributed by atoms with Crippen LogP contribution >= 0.6 is 15.9 Å². The summed E-state index contributed by atoms with van der Waals surface area (Å²) in [6.45, 7) is 4.06. The van der Waals surface area contributed by atoms with Crippen LogP contribution in [0.25, 0.3) is 0 Å². The van der Waals surface area contributed by atoms with Crippen molar-refractivity contribution in [2.45, 2.75) is 25.7 Å². The van der Waals surface area contributed by atoms with Crippen molar-refractivity contribution in [2.24, 2.45) is 5.10 Å². The van der Waals surface area contributed by atoms with Crippen LogP contribution in [0, 0.1) is 0 Å². The standard InChI is InChI=1S/C19H23BrN6O/c20-15-5-6-16(27)14(11-15)13-21-24-17-12-18(25-7-1-2-8-25)23-19(22-17)26-9-3-4-10-26/h5-6,11-13,27H,1-4,7-10H2,(H,22,23,24)/b21-13+. The maximum atomic E-state index is 9.93. The molecule has 2 fully saturated rings. The van der Waals surface area contributed by atoms with E-state index in [2.05, 4.69) is 41.2 Å². The molecule has 8 heteroatoms. The Balaban J connectivity index is 1.56. The fourth-order valence-electron chi connectivity index (χ4n) is 3.44. The van der Waals surface area contributed by atoms with E-state index < -0.39 is 0 Å². The van der Waals surface area contributed by atoms with Crippen molar-refractivity contribution in [3.05, 3.63) is 34.3 Å². The third-order valence-corrected chi connectivity index (χ3v) is 5.39. The van der Waals surface area contributed by atoms with Gasteiger partial charge in [0.25, 0.3) is 0 Å². The molecule has 7 nitrogen and oxygen atoms in total. The lowest BCUT2D eigenvalue weighted by Crippen LogP contribution is -2.24. The normalized spacial score (nSPS) is 17.2. The highest BCUT2D eigenvalue weighted by molar-refractivity contribution is 9.10. The second kappa shape index (κ2) is 8.12. The Morgan fingerprint density at radius 3 is 2.44 bits per heavy atom. The summed E-state index contributed by atoms with van der Waals surface area (Å²) in [6, 6.07) is 7.18. The molecule has 0 amide bonds. The molecule has 0 bridgehead atoms. The number of hydrazone groups is 1. The highest BCUT2D eigenvalue weighted by Crippen LogP contribution is 2.26. The van der Waals surface area contributed by atoms with Crippen LogP contribution in [0.1, 0.15) is 31.2 Å². The Labute approximate surface area is 167 Å². The van der Waals surface area contributed by atoms with Gasteiger partial charge in [0.15, 0.2) is 5.82 Å². The van der Waals surface area contributed by atoms with Crippen molar-refractivity contribution < 1.29 is 5.11 Å². The topological polar surface area (TPSA) is 76.9 Å². The number of phenols is 1. The zero-order valence-electron chi connectivity index (χ0n) is 15.1. The van der Waals surface area contributed by atoms with Crippen molar-refractivity contribution in [1.29, 1.82) is 0 Å². The molecule has 2 aromatic rings. The first-order valence-electron chi connectivity index (χ1n) is 9.36. The minimum absolute atomic E-state index is 0.182. The van der Waals surface area contributed by atoms with Crippen LogP contribution < -0.4 is 15.2 Å². The summed E-state index contributed by atoms with van der Waals surface area (Å²) in [5.74, 6) is 2.56. The van der Waals surface area contributed by atoms with Crippen LogP contribution in [0.3, 0.4) is 0 Å². The number of hydrogen-bond donors (Lipinski definition) is 2. The molecule has 27 heavy (non-hydrogen) atoms. The average molecular weight is 431 g/mol. The van der Waals surface area contributed by atoms with E-state index in [9.17, 15) is 5.11 Å². The van der Waals surface area contributed by atoms with E-state index in [1.165, 1.54) is 25.7 Å². The number of phenolic OH excluding ortho intramolecular Hbond substituents is 1. The Kier molecular flexibility index (Phi) is 5.42. The molecule has 0 spiro atoms. The highest BCUT2D eigenvalue weighted by atomic mass is 79.9. The van der Waals surface area contributed by atoms with E-state index in [1.54, 1.807) is 18.3 Å². The maximum absolute atomic E-state index is 9.93. The van der Waals surface area contributed by atoms with E-state index in [-0.39, 0.29) is 5.75 Å². The van der Waals surface area contributed by atoms with Crippen LogP contribution in [0.15, 0.2) is 33.8 Å². The first kappa shape index (κ1) is 18.0. The molecule has 4 rings (SSSR count). The third kappa shape index (κ3) is 4.32. The smallest absolute Gasteiger partial charge is 0.229 e. The molecule has 1 aromatic heterocycles. The number of nitrogens with zero attached hydrogens (tertiary/aromatic N) is 5. The van der Waals surface area contributed by atoms with Gasteiger partial charge in [-0.2, -0.15) is 15.1 Å². The van der Waals surface area contributed by atoms with Crippen LogP contribution in [-0.4, -0.2) is 47.5 Å². The Bertz CT molecular complexity index is 797. The van der Waals surface area contributed by atoms with Gasteiger partial charge in [0, 0.05) is 42.3 Å². The number of aromatic hydroxyl groups is 1. The van der Waals surface area contributed by atoms with Crippen LogP contribution in [-0.2, 0) is 0 Å². The van der Waals surface area contributed by atoms with Gasteiger partial charge in [0.1, 0.15) is 11.6 Å². The van der Waals surface area contributed by atoms with Crippen LogP contribution in [0.4, 0.5) is 17.6 Å². The number of nitrogens with one attached hydrogen (secondary N) is 1. The Morgan fingerprint density at radius 2 is 1.70 bits per heavy atom. The van der Waals surface area contributed by atoms with Crippen molar-refractivity contribution in [2.75, 3.05) is 41.4 Å². The van der Waals surface area contributed by atoms with Gasteiger partial charge in [-0.05, 0) is 43.9 Å². The largest absolute Gasteiger partial charge is 0.507 e. The van der Waals surface area contributed by atoms with Gasteiger partial charge in [0.05, 0.1) is 6.21 Å². The Hall–Kier alpha value is -2.35. The molecule has 2 aliphatic heterocycles. The number of halogens is 1. The lowest BCUT2D eigenvalue weighted by molar-refractivity contribution is 0.474. The molecule has 0 radical (unpaired) electrons. The third-order valence-electron chi connectivity index (χ3n) is 4.89. The summed E-state index contributed by atoms with van der Waals surface area (Å²) >= 11 is 3.40. The molecule has 2 aliphatic rings. The van der Waals surface area contributed by atoms with Crippen molar-refractivity contribution >= 4 is 39.7 Å². The zero-order chi connectivity index (χ0) is 18.6. The SMILES string of the molecule is Oc1ccc(Br)cc1/C=N/Nc1cc(N2CCCC2)nc(N2CCCC2)n1. The summed E-state index contributed by atoms with van der Waals surface area (Å²) < 4.78 is 0.886. The molecule has 1 aromatic carbocycles. The van der Waals surface area contributed by atoms with E-state index in [0.717, 1.165) is 42.4 Å². The summed E-state index contributed by atoms with van der Waals surface area (Å²) in [5, 5.41) is 14.2. The number of anilines is 3. The van der Waals surface area contributed by atoms with Gasteiger partial charge in [0.2, 0.25) is 5.95 Å². The fraction of sp³-hybridized carbons (Fsp3) is 0.421. The number of rotatable bonds is 5. The molecule has 0 saturated carbocycles. The monoisotopic (exact) mass is 430 g/mol. The van der Waals surface area contributed by atoms with Gasteiger partial charge in [-0.3, -0.25) is 5.43 Å². The molecule has 2 saturated heterocycles. The average Bonchev–Trinajstić information content (AvgIpc) is 3.38. The molecule has 0 unspecified atom stereocenters. The molecule has 0 atom stereocenters. The number of benzene rings is 1. The molecular weight excluding hydrogens is 408 g/mol. The predicted molar refractivity (Wildman–Crippen MR) is 112 cm³/mol.